The van der Waals surface area contributed by atoms with Crippen molar-refractivity contribution in [3.63, 3.8) is 0 Å². The summed E-state index contributed by atoms with van der Waals surface area (Å²) in [6, 6.07) is 9.77. The number of hydrogen-bond donors (Lipinski definition) is 1. The average Bonchev–Trinajstić information content (AvgIpc) is 2.87. The molecular weight excluding hydrogens is 509 g/mol. The van der Waals surface area contributed by atoms with Crippen LogP contribution in [-0.2, 0) is 11.8 Å². The largest absolute Gasteiger partial charge is 0.497 e. The molecule has 1 fully saturated rings. The predicted octanol–water partition coefficient (Wildman–Crippen LogP) is 5.66. The SMILES string of the molecule is COc1ccc2c(c1)-c1nc(Nc3cc(Cl)c(OCCN4CCN(C)CC4)c(Cl)c3)ncc1CC2(C)C. The number of benzene rings is 2. The van der Waals surface area contributed by atoms with Crippen LogP contribution in [0.4, 0.5) is 11.6 Å². The molecule has 1 aliphatic heterocycles. The van der Waals surface area contributed by atoms with Gasteiger partial charge in [-0.2, -0.15) is 0 Å². The lowest BCUT2D eigenvalue weighted by atomic mass is 9.72. The summed E-state index contributed by atoms with van der Waals surface area (Å²) in [6.07, 6.45) is 2.76. The molecule has 2 aliphatic rings. The van der Waals surface area contributed by atoms with Crippen LogP contribution in [0.15, 0.2) is 36.5 Å². The molecule has 0 spiro atoms. The highest BCUT2D eigenvalue weighted by atomic mass is 35.5. The summed E-state index contributed by atoms with van der Waals surface area (Å²) >= 11 is 13.1. The van der Waals surface area contributed by atoms with Crippen molar-refractivity contribution in [1.29, 1.82) is 0 Å². The Bertz CT molecular complexity index is 1270. The minimum absolute atomic E-state index is 0.0197. The van der Waals surface area contributed by atoms with Gasteiger partial charge in [-0.25, -0.2) is 9.97 Å². The zero-order chi connectivity index (χ0) is 26.2. The van der Waals surface area contributed by atoms with Gasteiger partial charge in [0.1, 0.15) is 12.4 Å². The number of likely N-dealkylation sites (N-methyl/N-ethyl adjacent to an activating group) is 1. The van der Waals surface area contributed by atoms with E-state index in [1.807, 2.05) is 18.3 Å². The fourth-order valence-electron chi connectivity index (χ4n) is 5.08. The molecule has 0 unspecified atom stereocenters. The number of hydrogen-bond acceptors (Lipinski definition) is 7. The van der Waals surface area contributed by atoms with Crippen LogP contribution in [0.2, 0.25) is 10.0 Å². The summed E-state index contributed by atoms with van der Waals surface area (Å²) in [6.45, 7) is 10.1. The number of rotatable bonds is 7. The van der Waals surface area contributed by atoms with Gasteiger partial charge >= 0.3 is 0 Å². The summed E-state index contributed by atoms with van der Waals surface area (Å²) in [4.78, 5) is 14.2. The molecule has 5 rings (SSSR count). The minimum Gasteiger partial charge on any atom is -0.497 e. The number of aromatic nitrogens is 2. The average molecular weight is 543 g/mol. The number of nitrogens with zero attached hydrogens (tertiary/aromatic N) is 4. The van der Waals surface area contributed by atoms with Crippen molar-refractivity contribution < 1.29 is 9.47 Å². The Labute approximate surface area is 228 Å². The predicted molar refractivity (Wildman–Crippen MR) is 150 cm³/mol. The third kappa shape index (κ3) is 5.65. The van der Waals surface area contributed by atoms with E-state index in [-0.39, 0.29) is 5.41 Å². The molecule has 1 N–H and O–H groups in total. The standard InChI is InChI=1S/C28H33Cl2N5O2/c1-28(2)16-18-17-31-27(33-25(18)21-15-20(36-4)5-6-22(21)28)32-19-13-23(29)26(24(30)14-19)37-12-11-35-9-7-34(3)8-10-35/h5-6,13-15,17H,7-12,16H2,1-4H3,(H,31,32,33). The van der Waals surface area contributed by atoms with Crippen molar-refractivity contribution in [3.8, 4) is 22.8 Å². The van der Waals surface area contributed by atoms with Crippen LogP contribution in [0.5, 0.6) is 11.5 Å². The highest BCUT2D eigenvalue weighted by Crippen LogP contribution is 2.44. The van der Waals surface area contributed by atoms with Crippen molar-refractivity contribution in [3.05, 3.63) is 57.7 Å². The molecule has 0 atom stereocenters. The second-order valence-electron chi connectivity index (χ2n) is 10.4. The summed E-state index contributed by atoms with van der Waals surface area (Å²) in [5.41, 5.74) is 5.01. The van der Waals surface area contributed by atoms with E-state index in [0.29, 0.717) is 34.0 Å². The lowest BCUT2D eigenvalue weighted by molar-refractivity contribution is 0.134. The highest BCUT2D eigenvalue weighted by molar-refractivity contribution is 6.37. The minimum atomic E-state index is -0.0197. The molecule has 9 heteroatoms. The Morgan fingerprint density at radius 2 is 1.78 bits per heavy atom. The lowest BCUT2D eigenvalue weighted by Crippen LogP contribution is -2.45. The van der Waals surface area contributed by atoms with Gasteiger partial charge < -0.3 is 19.7 Å². The van der Waals surface area contributed by atoms with Crippen molar-refractivity contribution >= 4 is 34.8 Å². The van der Waals surface area contributed by atoms with E-state index >= 15 is 0 Å². The smallest absolute Gasteiger partial charge is 0.227 e. The summed E-state index contributed by atoms with van der Waals surface area (Å²) < 4.78 is 11.5. The molecule has 196 valence electrons. The van der Waals surface area contributed by atoms with Crippen LogP contribution in [0, 0.1) is 0 Å². The summed E-state index contributed by atoms with van der Waals surface area (Å²) in [7, 11) is 3.83. The number of methoxy groups -OCH3 is 1. The zero-order valence-corrected chi connectivity index (χ0v) is 23.3. The maximum Gasteiger partial charge on any atom is 0.227 e. The third-order valence-corrected chi connectivity index (χ3v) is 7.77. The van der Waals surface area contributed by atoms with E-state index in [0.717, 1.165) is 61.7 Å². The molecule has 2 aromatic carbocycles. The van der Waals surface area contributed by atoms with E-state index < -0.39 is 0 Å². The first-order chi connectivity index (χ1) is 17.7. The normalized spacial score (nSPS) is 17.1. The van der Waals surface area contributed by atoms with Gasteiger partial charge in [-0.05, 0) is 54.3 Å². The lowest BCUT2D eigenvalue weighted by Gasteiger charge is -2.33. The fraction of sp³-hybridized carbons (Fsp3) is 0.429. The van der Waals surface area contributed by atoms with Gasteiger partial charge in [-0.3, -0.25) is 4.90 Å². The maximum absolute atomic E-state index is 6.56. The number of piperazine rings is 1. The van der Waals surface area contributed by atoms with Crippen LogP contribution in [0.25, 0.3) is 11.3 Å². The van der Waals surface area contributed by atoms with Gasteiger partial charge in [0.15, 0.2) is 5.75 Å². The van der Waals surface area contributed by atoms with Crippen molar-refractivity contribution in [2.45, 2.75) is 25.7 Å². The highest BCUT2D eigenvalue weighted by Gasteiger charge is 2.32. The first-order valence-corrected chi connectivity index (χ1v) is 13.3. The third-order valence-electron chi connectivity index (χ3n) is 7.21. The van der Waals surface area contributed by atoms with Gasteiger partial charge in [-0.15, -0.1) is 0 Å². The van der Waals surface area contributed by atoms with Crippen molar-refractivity contribution in [1.82, 2.24) is 19.8 Å². The molecular formula is C28H33Cl2N5O2. The monoisotopic (exact) mass is 541 g/mol. The molecule has 7 nitrogen and oxygen atoms in total. The molecule has 1 aromatic heterocycles. The molecule has 0 saturated carbocycles. The number of anilines is 2. The second kappa shape index (κ2) is 10.7. The topological polar surface area (TPSA) is 62.8 Å². The summed E-state index contributed by atoms with van der Waals surface area (Å²) in [5.74, 6) is 1.78. The van der Waals surface area contributed by atoms with Crippen LogP contribution < -0.4 is 14.8 Å². The molecule has 1 aliphatic carbocycles. The molecule has 2 heterocycles. The number of ether oxygens (including phenoxy) is 2. The van der Waals surface area contributed by atoms with Crippen molar-refractivity contribution in [2.75, 3.05) is 58.8 Å². The van der Waals surface area contributed by atoms with Crippen molar-refractivity contribution in [2.24, 2.45) is 0 Å². The Morgan fingerprint density at radius 1 is 1.05 bits per heavy atom. The first-order valence-electron chi connectivity index (χ1n) is 12.6. The molecule has 37 heavy (non-hydrogen) atoms. The Hall–Kier alpha value is -2.58. The van der Waals surface area contributed by atoms with E-state index in [4.69, 9.17) is 37.7 Å². The van der Waals surface area contributed by atoms with Gasteiger partial charge in [0.25, 0.3) is 0 Å². The van der Waals surface area contributed by atoms with Crippen LogP contribution in [0.1, 0.15) is 25.0 Å². The first kappa shape index (κ1) is 26.0. The van der Waals surface area contributed by atoms with E-state index in [2.05, 4.69) is 47.1 Å². The molecule has 3 aromatic rings. The molecule has 0 radical (unpaired) electrons. The Kier molecular flexibility index (Phi) is 7.50. The van der Waals surface area contributed by atoms with E-state index in [1.54, 1.807) is 19.2 Å². The number of fused-ring (bicyclic) bond motifs is 3. The van der Waals surface area contributed by atoms with E-state index in [1.165, 1.54) is 5.56 Å². The zero-order valence-electron chi connectivity index (χ0n) is 21.8. The number of halogens is 2. The van der Waals surface area contributed by atoms with Gasteiger partial charge in [-0.1, -0.05) is 43.1 Å². The molecule has 0 amide bonds. The summed E-state index contributed by atoms with van der Waals surface area (Å²) in [5, 5.41) is 4.16. The molecule has 1 saturated heterocycles. The van der Waals surface area contributed by atoms with Crippen LogP contribution >= 0.6 is 23.2 Å². The van der Waals surface area contributed by atoms with Gasteiger partial charge in [0.2, 0.25) is 5.95 Å². The Morgan fingerprint density at radius 3 is 2.49 bits per heavy atom. The quantitative estimate of drug-likeness (QED) is 0.413. The van der Waals surface area contributed by atoms with Gasteiger partial charge in [0.05, 0.1) is 22.8 Å². The van der Waals surface area contributed by atoms with E-state index in [9.17, 15) is 0 Å². The number of nitrogens with one attached hydrogen (secondary N) is 1. The Balaban J connectivity index is 1.32. The maximum atomic E-state index is 6.56. The molecule has 0 bridgehead atoms. The van der Waals surface area contributed by atoms with Gasteiger partial charge in [0, 0.05) is 50.2 Å². The van der Waals surface area contributed by atoms with Crippen LogP contribution in [-0.4, -0.2) is 73.3 Å². The van der Waals surface area contributed by atoms with Crippen LogP contribution in [0.3, 0.4) is 0 Å². The fourth-order valence-corrected chi connectivity index (χ4v) is 5.68. The second-order valence-corrected chi connectivity index (χ2v) is 11.2.